The Balaban J connectivity index is 1.60. The third kappa shape index (κ3) is 2.98. The number of allylic oxidation sites excluding steroid dienone is 1. The Morgan fingerprint density at radius 3 is 2.82 bits per heavy atom. The molecule has 2 aromatic heterocycles. The lowest BCUT2D eigenvalue weighted by Crippen LogP contribution is -2.36. The summed E-state index contributed by atoms with van der Waals surface area (Å²) in [6.45, 7) is 4.18. The van der Waals surface area contributed by atoms with Crippen LogP contribution in [0.5, 0.6) is 0 Å². The Labute approximate surface area is 159 Å². The molecule has 0 fully saturated rings. The van der Waals surface area contributed by atoms with Gasteiger partial charge in [-0.15, -0.1) is 0 Å². The Morgan fingerprint density at radius 1 is 1.21 bits per heavy atom. The van der Waals surface area contributed by atoms with Crippen LogP contribution < -0.4 is 10.9 Å². The molecule has 0 bridgehead atoms. The van der Waals surface area contributed by atoms with E-state index in [0.717, 1.165) is 0 Å². The number of hydrogen-bond acceptors (Lipinski definition) is 4. The summed E-state index contributed by atoms with van der Waals surface area (Å²) in [6, 6.07) is 7.80. The number of carbonyl (C=O) groups is 1. The first kappa shape index (κ1) is 17.7. The van der Waals surface area contributed by atoms with Crippen LogP contribution in [0.2, 0.25) is 0 Å². The van der Waals surface area contributed by atoms with Gasteiger partial charge in [-0.1, -0.05) is 6.58 Å². The van der Waals surface area contributed by atoms with Gasteiger partial charge in [0.15, 0.2) is 0 Å². The summed E-state index contributed by atoms with van der Waals surface area (Å²) >= 11 is 0. The molecule has 1 N–H and O–H groups in total. The fraction of sp³-hybridized carbons (Fsp3) is 0.150. The Bertz CT molecular complexity index is 1230. The van der Waals surface area contributed by atoms with Crippen molar-refractivity contribution in [1.29, 1.82) is 0 Å². The van der Waals surface area contributed by atoms with E-state index in [1.807, 2.05) is 0 Å². The van der Waals surface area contributed by atoms with Gasteiger partial charge >= 0.3 is 0 Å². The predicted molar refractivity (Wildman–Crippen MR) is 106 cm³/mol. The molecule has 0 unspecified atom stereocenters. The zero-order valence-electron chi connectivity index (χ0n) is 15.2. The molecule has 8 heteroatoms. The zero-order valence-corrected chi connectivity index (χ0v) is 15.2. The highest BCUT2D eigenvalue weighted by atomic mass is 19.1. The van der Waals surface area contributed by atoms with Crippen molar-refractivity contribution in [3.05, 3.63) is 77.1 Å². The van der Waals surface area contributed by atoms with Gasteiger partial charge in [-0.05, 0) is 42.5 Å². The summed E-state index contributed by atoms with van der Waals surface area (Å²) in [5.74, 6) is -0.788. The van der Waals surface area contributed by atoms with Crippen LogP contribution in [0.15, 0.2) is 70.9 Å². The van der Waals surface area contributed by atoms with Crippen LogP contribution in [0.1, 0.15) is 0 Å². The van der Waals surface area contributed by atoms with Crippen molar-refractivity contribution in [2.75, 3.05) is 13.6 Å². The van der Waals surface area contributed by atoms with Crippen molar-refractivity contribution >= 4 is 28.2 Å². The monoisotopic (exact) mass is 379 g/mol. The summed E-state index contributed by atoms with van der Waals surface area (Å²) in [7, 11) is 1.70. The van der Waals surface area contributed by atoms with Crippen molar-refractivity contribution in [1.82, 2.24) is 19.3 Å². The molecule has 7 nitrogen and oxygen atoms in total. The molecule has 0 spiro atoms. The summed E-state index contributed by atoms with van der Waals surface area (Å²) < 4.78 is 17.0. The fourth-order valence-electron chi connectivity index (χ4n) is 3.19. The van der Waals surface area contributed by atoms with E-state index < -0.39 is 5.82 Å². The molecule has 0 saturated carbocycles. The average molecular weight is 379 g/mol. The van der Waals surface area contributed by atoms with E-state index in [1.54, 1.807) is 48.0 Å². The molecular weight excluding hydrogens is 361 g/mol. The highest BCUT2D eigenvalue weighted by molar-refractivity contribution is 6.43. The SMILES string of the molecule is C=C1C=CC(C(=O)NCCn2c(=O)c3cccn3c3ccc(F)cc32)=NN1C. The number of benzene rings is 1. The number of nitrogens with one attached hydrogen (secondary N) is 1. The number of aromatic nitrogens is 2. The highest BCUT2D eigenvalue weighted by Crippen LogP contribution is 2.16. The van der Waals surface area contributed by atoms with Gasteiger partial charge < -0.3 is 14.3 Å². The Kier molecular flexibility index (Phi) is 4.31. The smallest absolute Gasteiger partial charge is 0.275 e. The van der Waals surface area contributed by atoms with Gasteiger partial charge in [0.2, 0.25) is 0 Å². The van der Waals surface area contributed by atoms with Crippen LogP contribution in [0.25, 0.3) is 16.6 Å². The number of halogens is 1. The lowest BCUT2D eigenvalue weighted by Gasteiger charge is -2.18. The summed E-state index contributed by atoms with van der Waals surface area (Å²) in [5.41, 5.74) is 2.35. The molecule has 0 saturated heterocycles. The minimum atomic E-state index is -0.429. The predicted octanol–water partition coefficient (Wildman–Crippen LogP) is 1.88. The number of hydrogen-bond donors (Lipinski definition) is 1. The molecule has 3 aromatic rings. The number of fused-ring (bicyclic) bond motifs is 3. The van der Waals surface area contributed by atoms with Crippen molar-refractivity contribution in [2.45, 2.75) is 6.54 Å². The summed E-state index contributed by atoms with van der Waals surface area (Å²) in [5, 5.41) is 8.39. The maximum atomic E-state index is 13.8. The van der Waals surface area contributed by atoms with E-state index in [9.17, 15) is 14.0 Å². The average Bonchev–Trinajstić information content (AvgIpc) is 3.16. The van der Waals surface area contributed by atoms with Gasteiger partial charge in [-0.2, -0.15) is 5.10 Å². The Morgan fingerprint density at radius 2 is 2.04 bits per heavy atom. The molecule has 1 amide bonds. The third-order valence-corrected chi connectivity index (χ3v) is 4.66. The first-order chi connectivity index (χ1) is 13.5. The number of rotatable bonds is 4. The second-order valence-corrected chi connectivity index (χ2v) is 6.44. The molecule has 3 heterocycles. The van der Waals surface area contributed by atoms with E-state index >= 15 is 0 Å². The largest absolute Gasteiger partial charge is 0.349 e. The van der Waals surface area contributed by atoms with Crippen LogP contribution in [-0.2, 0) is 11.3 Å². The molecule has 1 aromatic carbocycles. The summed E-state index contributed by atoms with van der Waals surface area (Å²) in [6.07, 6.45) is 5.05. The molecule has 1 aliphatic rings. The maximum Gasteiger partial charge on any atom is 0.275 e. The molecule has 0 atom stereocenters. The van der Waals surface area contributed by atoms with Crippen molar-refractivity contribution in [3.63, 3.8) is 0 Å². The zero-order chi connectivity index (χ0) is 19.8. The fourth-order valence-corrected chi connectivity index (χ4v) is 3.19. The molecule has 0 aliphatic carbocycles. The normalized spacial score (nSPS) is 14.0. The van der Waals surface area contributed by atoms with Crippen molar-refractivity contribution in [2.24, 2.45) is 5.10 Å². The molecular formula is C20H18FN5O2. The van der Waals surface area contributed by atoms with E-state index in [2.05, 4.69) is 17.0 Å². The maximum absolute atomic E-state index is 13.8. The number of likely N-dealkylation sites (N-methyl/N-ethyl adjacent to an activating group) is 1. The standard InChI is InChI=1S/C20H18FN5O2/c1-13-5-7-15(23-24(13)2)19(27)22-9-11-26-18-12-14(21)6-8-16(18)25-10-3-4-17(25)20(26)28/h3-8,10,12H,1,9,11H2,2H3,(H,22,27). The van der Waals surface area contributed by atoms with E-state index in [4.69, 9.17) is 0 Å². The van der Waals surface area contributed by atoms with Crippen LogP contribution in [0.4, 0.5) is 4.39 Å². The number of nitrogens with zero attached hydrogens (tertiary/aromatic N) is 4. The summed E-state index contributed by atoms with van der Waals surface area (Å²) in [4.78, 5) is 25.1. The number of hydrazone groups is 1. The number of carbonyl (C=O) groups excluding carboxylic acids is 1. The first-order valence-corrected chi connectivity index (χ1v) is 8.72. The molecule has 0 radical (unpaired) electrons. The van der Waals surface area contributed by atoms with E-state index in [-0.39, 0.29) is 30.3 Å². The first-order valence-electron chi connectivity index (χ1n) is 8.72. The number of amides is 1. The molecule has 1 aliphatic heterocycles. The van der Waals surface area contributed by atoms with Gasteiger partial charge in [-0.25, -0.2) is 4.39 Å². The van der Waals surface area contributed by atoms with Crippen LogP contribution in [0, 0.1) is 5.82 Å². The minimum absolute atomic E-state index is 0.193. The van der Waals surface area contributed by atoms with Gasteiger partial charge in [0.1, 0.15) is 17.0 Å². The van der Waals surface area contributed by atoms with Crippen LogP contribution >= 0.6 is 0 Å². The highest BCUT2D eigenvalue weighted by Gasteiger charge is 2.15. The Hall–Kier alpha value is -3.68. The lowest BCUT2D eigenvalue weighted by atomic mass is 10.2. The molecule has 28 heavy (non-hydrogen) atoms. The lowest BCUT2D eigenvalue weighted by molar-refractivity contribution is -0.114. The van der Waals surface area contributed by atoms with E-state index in [1.165, 1.54) is 21.7 Å². The second-order valence-electron chi connectivity index (χ2n) is 6.44. The van der Waals surface area contributed by atoms with Gasteiger partial charge in [0.25, 0.3) is 11.5 Å². The third-order valence-electron chi connectivity index (χ3n) is 4.66. The van der Waals surface area contributed by atoms with E-state index in [0.29, 0.717) is 22.2 Å². The van der Waals surface area contributed by atoms with Crippen molar-refractivity contribution in [3.8, 4) is 0 Å². The quantitative estimate of drug-likeness (QED) is 0.753. The van der Waals surface area contributed by atoms with Crippen molar-refractivity contribution < 1.29 is 9.18 Å². The van der Waals surface area contributed by atoms with Crippen LogP contribution in [-0.4, -0.2) is 39.2 Å². The van der Waals surface area contributed by atoms with Gasteiger partial charge in [-0.3, -0.25) is 14.6 Å². The topological polar surface area (TPSA) is 71.1 Å². The van der Waals surface area contributed by atoms with Crippen LogP contribution in [0.3, 0.4) is 0 Å². The van der Waals surface area contributed by atoms with Gasteiger partial charge in [0.05, 0.1) is 16.7 Å². The minimum Gasteiger partial charge on any atom is -0.349 e. The second kappa shape index (κ2) is 6.80. The molecule has 142 valence electrons. The van der Waals surface area contributed by atoms with Gasteiger partial charge in [0, 0.05) is 26.3 Å². The molecule has 4 rings (SSSR count).